The van der Waals surface area contributed by atoms with E-state index >= 15 is 0 Å². The topological polar surface area (TPSA) is 114 Å². The number of carbonyl (C=O) groups is 1. The van der Waals surface area contributed by atoms with Crippen LogP contribution in [0.3, 0.4) is 0 Å². The van der Waals surface area contributed by atoms with Crippen LogP contribution in [0.1, 0.15) is 10.4 Å². The fraction of sp³-hybridized carbons (Fsp3) is 0. The van der Waals surface area contributed by atoms with Gasteiger partial charge in [-0.2, -0.15) is 0 Å². The minimum absolute atomic E-state index is 0.113. The first-order chi connectivity index (χ1) is 12.4. The van der Waals surface area contributed by atoms with Crippen LogP contribution in [0.15, 0.2) is 48.7 Å². The summed E-state index contributed by atoms with van der Waals surface area (Å²) < 4.78 is 37.2. The molecule has 1 atom stereocenters. The van der Waals surface area contributed by atoms with Gasteiger partial charge in [0.1, 0.15) is 21.6 Å². The minimum atomic E-state index is -2.79. The van der Waals surface area contributed by atoms with Crippen LogP contribution in [-0.2, 0) is 11.3 Å². The molecule has 0 amide bonds. The van der Waals surface area contributed by atoms with Crippen LogP contribution in [0.2, 0.25) is 0 Å². The third kappa shape index (κ3) is 3.57. The first-order valence-corrected chi connectivity index (χ1v) is 8.89. The molecule has 0 bridgehead atoms. The molecule has 3 aromatic rings. The van der Waals surface area contributed by atoms with Gasteiger partial charge in [0, 0.05) is 5.56 Å². The van der Waals surface area contributed by atoms with Gasteiger partial charge in [-0.15, -0.1) is 0 Å². The zero-order valence-electron chi connectivity index (χ0n) is 12.8. The second-order valence-electron chi connectivity index (χ2n) is 5.03. The molecule has 3 rings (SSSR count). The van der Waals surface area contributed by atoms with E-state index in [1.54, 1.807) is 0 Å². The highest BCUT2D eigenvalue weighted by molar-refractivity contribution is 7.81. The summed E-state index contributed by atoms with van der Waals surface area (Å²) in [5.74, 6) is -2.17. The second-order valence-corrected chi connectivity index (χ2v) is 6.84. The van der Waals surface area contributed by atoms with E-state index in [2.05, 4.69) is 4.98 Å². The Morgan fingerprint density at radius 3 is 2.50 bits per heavy atom. The number of hydrogen-bond donors (Lipinski definition) is 2. The summed E-state index contributed by atoms with van der Waals surface area (Å²) >= 11 is -1.78. The molecule has 10 heteroatoms. The Labute approximate surface area is 153 Å². The molecule has 134 valence electrons. The fourth-order valence-corrected chi connectivity index (χ4v) is 3.83. The molecule has 1 aromatic heterocycles. The summed E-state index contributed by atoms with van der Waals surface area (Å²) in [4.78, 5) is 15.1. The second kappa shape index (κ2) is 7.20. The number of rotatable bonds is 5. The Morgan fingerprint density at radius 1 is 1.23 bits per heavy atom. The summed E-state index contributed by atoms with van der Waals surface area (Å²) in [7, 11) is 0. The van der Waals surface area contributed by atoms with Crippen molar-refractivity contribution in [2.75, 3.05) is 4.31 Å². The number of phenols is 1. The minimum Gasteiger partial charge on any atom is -0.755 e. The van der Waals surface area contributed by atoms with Gasteiger partial charge >= 0.3 is 5.97 Å². The number of aromatic carboxylic acids is 1. The average Bonchev–Trinajstić information content (AvgIpc) is 3.06. The van der Waals surface area contributed by atoms with Crippen LogP contribution in [0, 0.1) is 5.82 Å². The third-order valence-electron chi connectivity index (χ3n) is 3.38. The maximum atomic E-state index is 13.0. The normalized spacial score (nSPS) is 11.9. The van der Waals surface area contributed by atoms with Crippen molar-refractivity contribution in [2.24, 2.45) is 0 Å². The number of phenolic OH excluding ortho intramolecular Hbond substituents is 1. The van der Waals surface area contributed by atoms with Gasteiger partial charge in [-0.25, -0.2) is 14.2 Å². The number of aromatic nitrogens is 1. The van der Waals surface area contributed by atoms with Crippen molar-refractivity contribution >= 4 is 39.3 Å². The molecule has 0 aliphatic carbocycles. The lowest BCUT2D eigenvalue weighted by Crippen LogP contribution is -2.18. The lowest BCUT2D eigenvalue weighted by atomic mass is 10.2. The van der Waals surface area contributed by atoms with E-state index in [0.717, 1.165) is 21.7 Å². The third-order valence-corrected chi connectivity index (χ3v) is 5.21. The molecule has 0 saturated carbocycles. The van der Waals surface area contributed by atoms with Crippen molar-refractivity contribution in [1.29, 1.82) is 0 Å². The summed E-state index contributed by atoms with van der Waals surface area (Å²) in [6.45, 7) is 0. The van der Waals surface area contributed by atoms with Gasteiger partial charge in [-0.3, -0.25) is 8.51 Å². The van der Waals surface area contributed by atoms with E-state index in [-0.39, 0.29) is 16.3 Å². The Hall–Kier alpha value is -2.82. The van der Waals surface area contributed by atoms with Gasteiger partial charge in [0.15, 0.2) is 0 Å². The average molecular weight is 393 g/mol. The number of anilines is 2. The molecule has 1 unspecified atom stereocenters. The van der Waals surface area contributed by atoms with Crippen LogP contribution in [0.4, 0.5) is 15.1 Å². The summed E-state index contributed by atoms with van der Waals surface area (Å²) in [6, 6.07) is 8.86. The largest absolute Gasteiger partial charge is 0.755 e. The van der Waals surface area contributed by atoms with Gasteiger partial charge in [-0.05, 0) is 42.5 Å². The molecule has 1 heterocycles. The van der Waals surface area contributed by atoms with E-state index < -0.39 is 28.8 Å². The monoisotopic (exact) mass is 393 g/mol. The van der Waals surface area contributed by atoms with Crippen molar-refractivity contribution in [3.05, 3.63) is 60.0 Å². The van der Waals surface area contributed by atoms with Crippen LogP contribution in [0.5, 0.6) is 5.75 Å². The molecule has 0 spiro atoms. The van der Waals surface area contributed by atoms with Gasteiger partial charge in [-0.1, -0.05) is 11.3 Å². The summed E-state index contributed by atoms with van der Waals surface area (Å²) in [5, 5.41) is 19.6. The molecule has 0 saturated heterocycles. The Morgan fingerprint density at radius 2 is 1.92 bits per heavy atom. The highest BCUT2D eigenvalue weighted by Gasteiger charge is 2.19. The number of nitrogens with zero attached hydrogens (tertiary/aromatic N) is 2. The van der Waals surface area contributed by atoms with Crippen LogP contribution in [0.25, 0.3) is 10.6 Å². The molecule has 2 N–H and O–H groups in total. The number of halogens is 1. The molecule has 0 fully saturated rings. The molecular formula is C16H10FN2O5S2-. The molecule has 0 aliphatic rings. The molecule has 0 aliphatic heterocycles. The predicted octanol–water partition coefficient (Wildman–Crippen LogP) is 3.29. The smallest absolute Gasteiger partial charge is 0.335 e. The van der Waals surface area contributed by atoms with Crippen LogP contribution in [-0.4, -0.2) is 29.9 Å². The molecule has 7 nitrogen and oxygen atoms in total. The zero-order valence-corrected chi connectivity index (χ0v) is 14.5. The number of benzene rings is 2. The van der Waals surface area contributed by atoms with E-state index in [0.29, 0.717) is 10.6 Å². The zero-order chi connectivity index (χ0) is 18.8. The first-order valence-electron chi connectivity index (χ1n) is 7.04. The number of thiazole rings is 1. The van der Waals surface area contributed by atoms with E-state index in [9.17, 15) is 23.1 Å². The maximum Gasteiger partial charge on any atom is 0.335 e. The van der Waals surface area contributed by atoms with Gasteiger partial charge in [0.2, 0.25) is 0 Å². The Kier molecular flexibility index (Phi) is 4.98. The van der Waals surface area contributed by atoms with Gasteiger partial charge in [0.25, 0.3) is 0 Å². The Balaban J connectivity index is 2.01. The van der Waals surface area contributed by atoms with Crippen molar-refractivity contribution < 1.29 is 28.2 Å². The molecular weight excluding hydrogens is 383 g/mol. The lowest BCUT2D eigenvalue weighted by molar-refractivity contribution is 0.0696. The standard InChI is InChI=1S/C16H11FN2O5S2/c17-11-4-1-9(2-5-11)15-18-8-14(25-15)19(26(23)24)12-6-3-10(16(21)22)7-13(12)20/h1-8,20H,(H,21,22)(H,23,24)/p-1. The number of carboxylic acids is 1. The van der Waals surface area contributed by atoms with Gasteiger partial charge in [0.05, 0.1) is 28.7 Å². The number of aromatic hydroxyl groups is 1. The van der Waals surface area contributed by atoms with E-state index in [4.69, 9.17) is 5.11 Å². The molecule has 26 heavy (non-hydrogen) atoms. The first kappa shape index (κ1) is 18.0. The SMILES string of the molecule is O=C(O)c1ccc(N(c2cnc(-c3ccc(F)cc3)s2)S(=O)[O-])c(O)c1. The highest BCUT2D eigenvalue weighted by atomic mass is 32.2. The van der Waals surface area contributed by atoms with Gasteiger partial charge < -0.3 is 14.8 Å². The van der Waals surface area contributed by atoms with Crippen LogP contribution >= 0.6 is 11.3 Å². The Bertz CT molecular complexity index is 991. The summed E-state index contributed by atoms with van der Waals surface area (Å²) in [5.41, 5.74) is 0.307. The van der Waals surface area contributed by atoms with Crippen molar-refractivity contribution in [3.63, 3.8) is 0 Å². The quantitative estimate of drug-likeness (QED) is 0.643. The number of hydrogen-bond acceptors (Lipinski definition) is 6. The predicted molar refractivity (Wildman–Crippen MR) is 93.6 cm³/mol. The van der Waals surface area contributed by atoms with E-state index in [1.807, 2.05) is 0 Å². The summed E-state index contributed by atoms with van der Waals surface area (Å²) in [6.07, 6.45) is 1.30. The maximum absolute atomic E-state index is 13.0. The van der Waals surface area contributed by atoms with Crippen molar-refractivity contribution in [1.82, 2.24) is 4.98 Å². The molecule has 0 radical (unpaired) electrons. The van der Waals surface area contributed by atoms with Crippen molar-refractivity contribution in [2.45, 2.75) is 0 Å². The van der Waals surface area contributed by atoms with Crippen LogP contribution < -0.4 is 4.31 Å². The fourth-order valence-electron chi connectivity index (χ4n) is 2.19. The molecule has 2 aromatic carbocycles. The van der Waals surface area contributed by atoms with Crippen molar-refractivity contribution in [3.8, 4) is 16.3 Å². The number of carboxylic acid groups (broad SMARTS) is 1. The highest BCUT2D eigenvalue weighted by Crippen LogP contribution is 2.39. The lowest BCUT2D eigenvalue weighted by Gasteiger charge is -2.25. The van der Waals surface area contributed by atoms with E-state index in [1.165, 1.54) is 42.6 Å².